The number of nitrogens with one attached hydrogen (secondary N) is 1. The molecule has 0 aliphatic carbocycles. The Morgan fingerprint density at radius 3 is 2.76 bits per heavy atom. The number of hydrogen-bond acceptors (Lipinski definition) is 4. The molecule has 5 nitrogen and oxygen atoms in total. The summed E-state index contributed by atoms with van der Waals surface area (Å²) in [6, 6.07) is 5.18. The second kappa shape index (κ2) is 6.46. The molecule has 1 aromatic rings. The van der Waals surface area contributed by atoms with E-state index < -0.39 is 10.8 Å². The lowest BCUT2D eigenvalue weighted by Crippen LogP contribution is -2.19. The minimum Gasteiger partial charge on any atom is -0.312 e. The van der Waals surface area contributed by atoms with Crippen LogP contribution < -0.4 is 5.32 Å². The maximum absolute atomic E-state index is 10.8. The fourth-order valence-electron chi connectivity index (χ4n) is 1.41. The largest absolute Gasteiger partial charge is 0.312 e. The zero-order valence-corrected chi connectivity index (χ0v) is 10.8. The molecule has 1 aromatic carbocycles. The Morgan fingerprint density at radius 1 is 1.47 bits per heavy atom. The van der Waals surface area contributed by atoms with Gasteiger partial charge >= 0.3 is 0 Å². The van der Waals surface area contributed by atoms with Gasteiger partial charge in [0.05, 0.1) is 4.92 Å². The van der Waals surface area contributed by atoms with Crippen molar-refractivity contribution in [1.29, 1.82) is 0 Å². The van der Waals surface area contributed by atoms with Crippen LogP contribution in [0.2, 0.25) is 0 Å². The molecule has 1 unspecified atom stereocenters. The van der Waals surface area contributed by atoms with Gasteiger partial charge in [0.15, 0.2) is 0 Å². The molecule has 0 saturated carbocycles. The summed E-state index contributed by atoms with van der Waals surface area (Å²) in [7, 11) is -0.810. The highest BCUT2D eigenvalue weighted by Gasteiger charge is 2.10. The summed E-state index contributed by atoms with van der Waals surface area (Å²) in [4.78, 5) is 10.4. The first-order chi connectivity index (χ1) is 8.00. The molecule has 17 heavy (non-hydrogen) atoms. The Labute approximate surface area is 103 Å². The van der Waals surface area contributed by atoms with Gasteiger partial charge in [-0.05, 0) is 12.5 Å². The van der Waals surface area contributed by atoms with Gasteiger partial charge in [0.2, 0.25) is 0 Å². The van der Waals surface area contributed by atoms with Crippen LogP contribution in [-0.4, -0.2) is 27.7 Å². The highest BCUT2D eigenvalue weighted by atomic mass is 32.2. The molecule has 1 rings (SSSR count). The van der Waals surface area contributed by atoms with Crippen molar-refractivity contribution >= 4 is 16.5 Å². The normalized spacial score (nSPS) is 12.4. The molecule has 0 spiro atoms. The van der Waals surface area contributed by atoms with E-state index >= 15 is 0 Å². The van der Waals surface area contributed by atoms with E-state index in [0.717, 1.165) is 5.56 Å². The first kappa shape index (κ1) is 13.8. The van der Waals surface area contributed by atoms with E-state index in [1.54, 1.807) is 25.3 Å². The van der Waals surface area contributed by atoms with Crippen LogP contribution in [-0.2, 0) is 17.3 Å². The van der Waals surface area contributed by atoms with E-state index in [4.69, 9.17) is 0 Å². The predicted molar refractivity (Wildman–Crippen MR) is 68.5 cm³/mol. The molecule has 0 aliphatic rings. The van der Waals surface area contributed by atoms with Crippen LogP contribution in [0.1, 0.15) is 11.1 Å². The van der Waals surface area contributed by atoms with Gasteiger partial charge in [-0.3, -0.25) is 14.3 Å². The summed E-state index contributed by atoms with van der Waals surface area (Å²) < 4.78 is 10.8. The van der Waals surface area contributed by atoms with E-state index in [0.29, 0.717) is 24.4 Å². The standard InChI is InChI=1S/C11H16N2O3S/c1-9-3-4-10(7-11(9)13(14)15)8-12-5-6-17(2)16/h3-4,7,12H,5-6,8H2,1-2H3. The molecule has 0 amide bonds. The topological polar surface area (TPSA) is 72.2 Å². The van der Waals surface area contributed by atoms with E-state index in [9.17, 15) is 14.3 Å². The van der Waals surface area contributed by atoms with Gasteiger partial charge < -0.3 is 5.32 Å². The maximum atomic E-state index is 10.8. The molecule has 6 heteroatoms. The van der Waals surface area contributed by atoms with Crippen molar-refractivity contribution in [2.75, 3.05) is 18.6 Å². The van der Waals surface area contributed by atoms with E-state index in [2.05, 4.69) is 5.32 Å². The van der Waals surface area contributed by atoms with Crippen LogP contribution >= 0.6 is 0 Å². The number of nitrogens with zero attached hydrogens (tertiary/aromatic N) is 1. The Morgan fingerprint density at radius 2 is 2.18 bits per heavy atom. The van der Waals surface area contributed by atoms with Crippen molar-refractivity contribution in [3.63, 3.8) is 0 Å². The third-order valence-electron chi connectivity index (χ3n) is 2.37. The third kappa shape index (κ3) is 4.62. The lowest BCUT2D eigenvalue weighted by Gasteiger charge is -2.05. The Bertz CT molecular complexity index is 435. The maximum Gasteiger partial charge on any atom is 0.272 e. The van der Waals surface area contributed by atoms with E-state index in [1.165, 1.54) is 0 Å². The van der Waals surface area contributed by atoms with Crippen LogP contribution in [0.5, 0.6) is 0 Å². The van der Waals surface area contributed by atoms with Gasteiger partial charge in [-0.25, -0.2) is 0 Å². The van der Waals surface area contributed by atoms with Crippen LogP contribution in [0.4, 0.5) is 5.69 Å². The molecular formula is C11H16N2O3S. The highest BCUT2D eigenvalue weighted by Crippen LogP contribution is 2.18. The Balaban J connectivity index is 2.57. The molecule has 0 heterocycles. The van der Waals surface area contributed by atoms with E-state index in [1.807, 2.05) is 6.07 Å². The highest BCUT2D eigenvalue weighted by molar-refractivity contribution is 7.84. The fourth-order valence-corrected chi connectivity index (χ4v) is 1.84. The van der Waals surface area contributed by atoms with Crippen LogP contribution in [0.3, 0.4) is 0 Å². The lowest BCUT2D eigenvalue weighted by molar-refractivity contribution is -0.385. The molecule has 0 fully saturated rings. The minimum absolute atomic E-state index is 0.142. The number of nitro benzene ring substituents is 1. The molecule has 0 bridgehead atoms. The summed E-state index contributed by atoms with van der Waals surface area (Å²) in [5.41, 5.74) is 1.67. The van der Waals surface area contributed by atoms with Crippen molar-refractivity contribution in [3.8, 4) is 0 Å². The molecule has 94 valence electrons. The molecule has 1 atom stereocenters. The SMILES string of the molecule is Cc1ccc(CNCCS(C)=O)cc1[N+](=O)[O-]. The molecular weight excluding hydrogens is 240 g/mol. The number of nitro groups is 1. The second-order valence-electron chi connectivity index (χ2n) is 3.83. The average Bonchev–Trinajstić information content (AvgIpc) is 2.25. The number of aryl methyl sites for hydroxylation is 1. The number of hydrogen-bond donors (Lipinski definition) is 1. The molecule has 0 saturated heterocycles. The van der Waals surface area contributed by atoms with E-state index in [-0.39, 0.29) is 10.6 Å². The molecule has 1 N–H and O–H groups in total. The summed E-state index contributed by atoms with van der Waals surface area (Å²) in [5.74, 6) is 0.591. The van der Waals surface area contributed by atoms with Crippen molar-refractivity contribution in [2.45, 2.75) is 13.5 Å². The van der Waals surface area contributed by atoms with Gasteiger partial charge in [-0.15, -0.1) is 0 Å². The van der Waals surface area contributed by atoms with Gasteiger partial charge in [0, 0.05) is 47.5 Å². The zero-order chi connectivity index (χ0) is 12.8. The molecule has 0 aliphatic heterocycles. The van der Waals surface area contributed by atoms with Crippen molar-refractivity contribution < 1.29 is 9.13 Å². The number of benzene rings is 1. The summed E-state index contributed by atoms with van der Waals surface area (Å²) in [6.07, 6.45) is 1.65. The van der Waals surface area contributed by atoms with Crippen molar-refractivity contribution in [1.82, 2.24) is 5.32 Å². The number of rotatable bonds is 6. The van der Waals surface area contributed by atoms with Crippen LogP contribution in [0.25, 0.3) is 0 Å². The summed E-state index contributed by atoms with van der Waals surface area (Å²) in [6.45, 7) is 2.92. The minimum atomic E-state index is -0.810. The lowest BCUT2D eigenvalue weighted by atomic mass is 10.1. The van der Waals surface area contributed by atoms with Gasteiger partial charge in [-0.1, -0.05) is 12.1 Å². The quantitative estimate of drug-likeness (QED) is 0.474. The first-order valence-electron chi connectivity index (χ1n) is 5.25. The van der Waals surface area contributed by atoms with Crippen LogP contribution in [0.15, 0.2) is 18.2 Å². The average molecular weight is 256 g/mol. The van der Waals surface area contributed by atoms with Gasteiger partial charge in [-0.2, -0.15) is 0 Å². The predicted octanol–water partition coefficient (Wildman–Crippen LogP) is 1.37. The van der Waals surface area contributed by atoms with Gasteiger partial charge in [0.1, 0.15) is 0 Å². The molecule has 0 aromatic heterocycles. The Kier molecular flexibility index (Phi) is 5.24. The monoisotopic (exact) mass is 256 g/mol. The zero-order valence-electron chi connectivity index (χ0n) is 9.93. The third-order valence-corrected chi connectivity index (χ3v) is 3.14. The van der Waals surface area contributed by atoms with Crippen LogP contribution in [0, 0.1) is 17.0 Å². The summed E-state index contributed by atoms with van der Waals surface area (Å²) >= 11 is 0. The summed E-state index contributed by atoms with van der Waals surface area (Å²) in [5, 5.41) is 13.8. The van der Waals surface area contributed by atoms with Crippen molar-refractivity contribution in [2.24, 2.45) is 0 Å². The van der Waals surface area contributed by atoms with Crippen molar-refractivity contribution in [3.05, 3.63) is 39.4 Å². The smallest absolute Gasteiger partial charge is 0.272 e. The first-order valence-corrected chi connectivity index (χ1v) is 6.98. The second-order valence-corrected chi connectivity index (χ2v) is 5.39. The van der Waals surface area contributed by atoms with Gasteiger partial charge in [0.25, 0.3) is 5.69 Å². The Hall–Kier alpha value is -1.27. The molecule has 0 radical (unpaired) electrons. The fraction of sp³-hybridized carbons (Fsp3) is 0.455.